The molecule has 5 rings (SSSR count). The Bertz CT molecular complexity index is 1410. The number of sulfonamides is 1. The standard InChI is InChI=1S/C24H25N5O3S2/c1-27-21-10-9-18(25-24(30)22-8-5-15-33-22)16-20(21)26-23(27)17-28-11-13-29(14-12-28)34(31,32)19-6-3-2-4-7-19/h2-10,15-16H,11-14,17H2,1H3,(H,25,30). The highest BCUT2D eigenvalue weighted by atomic mass is 32.2. The number of nitrogens with one attached hydrogen (secondary N) is 1. The molecule has 0 spiro atoms. The van der Waals surface area contributed by atoms with Crippen molar-refractivity contribution in [2.24, 2.45) is 7.05 Å². The first kappa shape index (κ1) is 22.7. The molecular weight excluding hydrogens is 470 g/mol. The van der Waals surface area contributed by atoms with E-state index in [9.17, 15) is 13.2 Å². The number of amides is 1. The molecule has 4 aromatic rings. The maximum atomic E-state index is 12.9. The summed E-state index contributed by atoms with van der Waals surface area (Å²) in [4.78, 5) is 20.4. The van der Waals surface area contributed by atoms with Crippen LogP contribution in [0, 0.1) is 0 Å². The smallest absolute Gasteiger partial charge is 0.265 e. The number of carbonyl (C=O) groups is 1. The van der Waals surface area contributed by atoms with E-state index >= 15 is 0 Å². The zero-order valence-electron chi connectivity index (χ0n) is 18.7. The van der Waals surface area contributed by atoms with Gasteiger partial charge in [-0.05, 0) is 41.8 Å². The van der Waals surface area contributed by atoms with Gasteiger partial charge in [-0.2, -0.15) is 4.31 Å². The third-order valence-corrected chi connectivity index (χ3v) is 8.84. The van der Waals surface area contributed by atoms with Gasteiger partial charge < -0.3 is 9.88 Å². The fourth-order valence-corrected chi connectivity index (χ4v) is 6.20. The van der Waals surface area contributed by atoms with Gasteiger partial charge in [0.25, 0.3) is 5.91 Å². The Morgan fingerprint density at radius 1 is 1.03 bits per heavy atom. The molecule has 2 aromatic carbocycles. The highest BCUT2D eigenvalue weighted by molar-refractivity contribution is 7.89. The Kier molecular flexibility index (Phi) is 6.22. The number of rotatable bonds is 6. The molecule has 0 saturated carbocycles. The van der Waals surface area contributed by atoms with Crippen molar-refractivity contribution in [1.29, 1.82) is 0 Å². The van der Waals surface area contributed by atoms with Gasteiger partial charge in [-0.25, -0.2) is 13.4 Å². The zero-order chi connectivity index (χ0) is 23.7. The number of hydrogen-bond donors (Lipinski definition) is 1. The van der Waals surface area contributed by atoms with Gasteiger partial charge >= 0.3 is 0 Å². The number of piperazine rings is 1. The van der Waals surface area contributed by atoms with E-state index in [0.717, 1.165) is 16.9 Å². The van der Waals surface area contributed by atoms with Gasteiger partial charge in [0.1, 0.15) is 5.82 Å². The molecule has 1 N–H and O–H groups in total. The lowest BCUT2D eigenvalue weighted by Gasteiger charge is -2.33. The largest absolute Gasteiger partial charge is 0.330 e. The molecular formula is C24H25N5O3S2. The Hall–Kier alpha value is -3.05. The first-order valence-corrected chi connectivity index (χ1v) is 13.3. The maximum absolute atomic E-state index is 12.9. The summed E-state index contributed by atoms with van der Waals surface area (Å²) < 4.78 is 29.3. The highest BCUT2D eigenvalue weighted by Gasteiger charge is 2.28. The first-order chi connectivity index (χ1) is 16.4. The monoisotopic (exact) mass is 495 g/mol. The average molecular weight is 496 g/mol. The van der Waals surface area contributed by atoms with E-state index in [0.29, 0.717) is 48.2 Å². The van der Waals surface area contributed by atoms with Crippen molar-refractivity contribution >= 4 is 44.0 Å². The average Bonchev–Trinajstić information content (AvgIpc) is 3.49. The van der Waals surface area contributed by atoms with Crippen molar-refractivity contribution in [2.45, 2.75) is 11.4 Å². The van der Waals surface area contributed by atoms with Gasteiger partial charge in [-0.15, -0.1) is 11.3 Å². The number of imidazole rings is 1. The normalized spacial score (nSPS) is 15.6. The second kappa shape index (κ2) is 9.30. The van der Waals surface area contributed by atoms with Crippen molar-refractivity contribution in [1.82, 2.24) is 18.8 Å². The summed E-state index contributed by atoms with van der Waals surface area (Å²) in [6, 6.07) is 17.9. The lowest BCUT2D eigenvalue weighted by molar-refractivity contribution is 0.103. The Morgan fingerprint density at radius 2 is 1.79 bits per heavy atom. The molecule has 176 valence electrons. The van der Waals surface area contributed by atoms with Crippen molar-refractivity contribution in [3.63, 3.8) is 0 Å². The third-order valence-electron chi connectivity index (χ3n) is 6.05. The molecule has 2 aromatic heterocycles. The minimum atomic E-state index is -3.47. The summed E-state index contributed by atoms with van der Waals surface area (Å²) in [5.74, 6) is 0.768. The Balaban J connectivity index is 1.25. The molecule has 1 aliphatic rings. The molecule has 1 saturated heterocycles. The summed E-state index contributed by atoms with van der Waals surface area (Å²) in [5, 5.41) is 4.80. The summed E-state index contributed by atoms with van der Waals surface area (Å²) in [5.41, 5.74) is 2.50. The van der Waals surface area contributed by atoms with Crippen molar-refractivity contribution in [2.75, 3.05) is 31.5 Å². The fraction of sp³-hybridized carbons (Fsp3) is 0.250. The van der Waals surface area contributed by atoms with Crippen molar-refractivity contribution in [3.05, 3.63) is 76.7 Å². The van der Waals surface area contributed by atoms with Gasteiger partial charge in [0, 0.05) is 38.9 Å². The summed E-state index contributed by atoms with van der Waals surface area (Å²) in [6.07, 6.45) is 0. The second-order valence-corrected chi connectivity index (χ2v) is 11.1. The minimum Gasteiger partial charge on any atom is -0.330 e. The van der Waals surface area contributed by atoms with Gasteiger partial charge in [0.2, 0.25) is 10.0 Å². The van der Waals surface area contributed by atoms with Crippen LogP contribution in [0.3, 0.4) is 0 Å². The molecule has 0 bridgehead atoms. The third kappa shape index (κ3) is 4.49. The van der Waals surface area contributed by atoms with E-state index in [1.54, 1.807) is 34.6 Å². The SMILES string of the molecule is Cn1c(CN2CCN(S(=O)(=O)c3ccccc3)CC2)nc2cc(NC(=O)c3cccs3)ccc21. The van der Waals surface area contributed by atoms with Crippen molar-refractivity contribution < 1.29 is 13.2 Å². The van der Waals surface area contributed by atoms with E-state index in [-0.39, 0.29) is 5.91 Å². The molecule has 0 aliphatic carbocycles. The number of aromatic nitrogens is 2. The van der Waals surface area contributed by atoms with Crippen LogP contribution in [0.4, 0.5) is 5.69 Å². The summed E-state index contributed by atoms with van der Waals surface area (Å²) in [7, 11) is -1.49. The number of thiophene rings is 1. The topological polar surface area (TPSA) is 87.5 Å². The lowest BCUT2D eigenvalue weighted by Crippen LogP contribution is -2.48. The molecule has 0 atom stereocenters. The Labute approximate surface area is 202 Å². The number of fused-ring (bicyclic) bond motifs is 1. The van der Waals surface area contributed by atoms with E-state index in [4.69, 9.17) is 4.98 Å². The first-order valence-electron chi connectivity index (χ1n) is 11.0. The van der Waals surface area contributed by atoms with Crippen LogP contribution in [0.15, 0.2) is 70.9 Å². The number of nitrogens with zero attached hydrogens (tertiary/aromatic N) is 4. The van der Waals surface area contributed by atoms with Crippen LogP contribution in [0.2, 0.25) is 0 Å². The van der Waals surface area contributed by atoms with Crippen LogP contribution in [0.25, 0.3) is 11.0 Å². The molecule has 0 unspecified atom stereocenters. The van der Waals surface area contributed by atoms with Crippen molar-refractivity contribution in [3.8, 4) is 0 Å². The van der Waals surface area contributed by atoms with Crippen LogP contribution in [0.5, 0.6) is 0 Å². The van der Waals surface area contributed by atoms with Crippen LogP contribution in [-0.2, 0) is 23.6 Å². The van der Waals surface area contributed by atoms with E-state index in [1.165, 1.54) is 11.3 Å². The number of anilines is 1. The molecule has 1 fully saturated rings. The van der Waals surface area contributed by atoms with E-state index < -0.39 is 10.0 Å². The van der Waals surface area contributed by atoms with Crippen LogP contribution >= 0.6 is 11.3 Å². The van der Waals surface area contributed by atoms with Crippen LogP contribution in [-0.4, -0.2) is 59.3 Å². The van der Waals surface area contributed by atoms with Gasteiger partial charge in [-0.3, -0.25) is 9.69 Å². The molecule has 8 nitrogen and oxygen atoms in total. The van der Waals surface area contributed by atoms with Crippen LogP contribution < -0.4 is 5.32 Å². The number of carbonyl (C=O) groups excluding carboxylic acids is 1. The molecule has 1 aliphatic heterocycles. The lowest BCUT2D eigenvalue weighted by atomic mass is 10.2. The van der Waals surface area contributed by atoms with Gasteiger partial charge in [0.05, 0.1) is 27.4 Å². The molecule has 1 amide bonds. The number of hydrogen-bond acceptors (Lipinski definition) is 6. The van der Waals surface area contributed by atoms with E-state index in [1.807, 2.05) is 47.3 Å². The number of benzene rings is 2. The maximum Gasteiger partial charge on any atom is 0.265 e. The van der Waals surface area contributed by atoms with E-state index in [2.05, 4.69) is 10.2 Å². The van der Waals surface area contributed by atoms with Gasteiger partial charge in [0.15, 0.2) is 0 Å². The molecule has 3 heterocycles. The van der Waals surface area contributed by atoms with Gasteiger partial charge in [-0.1, -0.05) is 24.3 Å². The quantitative estimate of drug-likeness (QED) is 0.443. The molecule has 34 heavy (non-hydrogen) atoms. The Morgan fingerprint density at radius 3 is 2.50 bits per heavy atom. The fourth-order valence-electron chi connectivity index (χ4n) is 4.14. The summed E-state index contributed by atoms with van der Waals surface area (Å²) >= 11 is 1.40. The molecule has 10 heteroatoms. The predicted octanol–water partition coefficient (Wildman–Crippen LogP) is 3.39. The number of aryl methyl sites for hydroxylation is 1. The predicted molar refractivity (Wildman–Crippen MR) is 133 cm³/mol. The molecule has 0 radical (unpaired) electrons. The minimum absolute atomic E-state index is 0.131. The zero-order valence-corrected chi connectivity index (χ0v) is 20.3. The summed E-state index contributed by atoms with van der Waals surface area (Å²) in [6.45, 7) is 2.79. The second-order valence-electron chi connectivity index (χ2n) is 8.22. The highest BCUT2D eigenvalue weighted by Crippen LogP contribution is 2.23. The van der Waals surface area contributed by atoms with Crippen LogP contribution in [0.1, 0.15) is 15.5 Å².